The fraction of sp³-hybridized carbons (Fsp3) is 0.400. The van der Waals surface area contributed by atoms with E-state index in [1.165, 1.54) is 0 Å². The molecule has 4 heteroatoms. The average Bonchev–Trinajstić information content (AvgIpc) is 2.87. The van der Waals surface area contributed by atoms with Crippen molar-refractivity contribution < 1.29 is 9.47 Å². The first kappa shape index (κ1) is 12.4. The van der Waals surface area contributed by atoms with E-state index >= 15 is 0 Å². The molecule has 0 unspecified atom stereocenters. The number of pyridine rings is 1. The maximum atomic E-state index is 12.2. The largest absolute Gasteiger partial charge is 0.348 e. The summed E-state index contributed by atoms with van der Waals surface area (Å²) in [5.41, 5.74) is 3.09. The van der Waals surface area contributed by atoms with Crippen LogP contribution in [0.25, 0.3) is 10.9 Å². The summed E-state index contributed by atoms with van der Waals surface area (Å²) < 4.78 is 12.6. The first-order chi connectivity index (χ1) is 9.15. The standard InChI is InChI=1S/C15H17NO3/c1-10-3-4-12-11(2)8-14(17)16(13(12)7-10)9-15-18-5-6-19-15/h3-4,7-8,15H,5-6,9H2,1-2H3. The van der Waals surface area contributed by atoms with Crippen LogP contribution in [0.5, 0.6) is 0 Å². The Labute approximate surface area is 111 Å². The molecule has 2 aromatic rings. The summed E-state index contributed by atoms with van der Waals surface area (Å²) in [5.74, 6) is 0. The highest BCUT2D eigenvalue weighted by molar-refractivity contribution is 5.83. The van der Waals surface area contributed by atoms with Gasteiger partial charge in [-0.3, -0.25) is 4.79 Å². The van der Waals surface area contributed by atoms with E-state index in [0.717, 1.165) is 22.0 Å². The Morgan fingerprint density at radius 1 is 1.21 bits per heavy atom. The molecule has 0 spiro atoms. The van der Waals surface area contributed by atoms with Gasteiger partial charge in [0.15, 0.2) is 6.29 Å². The number of benzene rings is 1. The maximum Gasteiger partial charge on any atom is 0.251 e. The van der Waals surface area contributed by atoms with Gasteiger partial charge in [0, 0.05) is 11.5 Å². The molecule has 0 atom stereocenters. The average molecular weight is 259 g/mol. The van der Waals surface area contributed by atoms with Crippen molar-refractivity contribution in [2.75, 3.05) is 13.2 Å². The number of aromatic nitrogens is 1. The molecular formula is C15H17NO3. The Kier molecular flexibility index (Phi) is 3.12. The predicted molar refractivity (Wildman–Crippen MR) is 73.4 cm³/mol. The minimum atomic E-state index is -0.316. The summed E-state index contributed by atoms with van der Waals surface area (Å²) >= 11 is 0. The third-order valence-corrected chi connectivity index (χ3v) is 3.50. The second-order valence-electron chi connectivity index (χ2n) is 4.97. The molecule has 3 rings (SSSR count). The van der Waals surface area contributed by atoms with Gasteiger partial charge in [0.25, 0.3) is 5.56 Å². The van der Waals surface area contributed by atoms with Crippen molar-refractivity contribution in [2.45, 2.75) is 26.7 Å². The molecule has 1 fully saturated rings. The van der Waals surface area contributed by atoms with Crippen LogP contribution in [0.4, 0.5) is 0 Å². The van der Waals surface area contributed by atoms with Crippen molar-refractivity contribution in [3.63, 3.8) is 0 Å². The minimum absolute atomic E-state index is 0.00491. The van der Waals surface area contributed by atoms with Gasteiger partial charge in [-0.1, -0.05) is 12.1 Å². The zero-order valence-corrected chi connectivity index (χ0v) is 11.2. The molecule has 0 bridgehead atoms. The van der Waals surface area contributed by atoms with Gasteiger partial charge in [0.1, 0.15) is 0 Å². The third kappa shape index (κ3) is 2.29. The summed E-state index contributed by atoms with van der Waals surface area (Å²) in [7, 11) is 0. The molecule has 1 saturated heterocycles. The predicted octanol–water partition coefficient (Wildman–Crippen LogP) is 1.99. The molecule has 2 heterocycles. The summed E-state index contributed by atoms with van der Waals surface area (Å²) in [5, 5.41) is 1.10. The van der Waals surface area contributed by atoms with Crippen LogP contribution in [0.3, 0.4) is 0 Å². The van der Waals surface area contributed by atoms with Gasteiger partial charge < -0.3 is 14.0 Å². The van der Waals surface area contributed by atoms with E-state index in [-0.39, 0.29) is 11.8 Å². The van der Waals surface area contributed by atoms with Crippen molar-refractivity contribution in [3.05, 3.63) is 45.7 Å². The van der Waals surface area contributed by atoms with E-state index in [2.05, 4.69) is 12.1 Å². The smallest absolute Gasteiger partial charge is 0.251 e. The Hall–Kier alpha value is -1.65. The lowest BCUT2D eigenvalue weighted by Crippen LogP contribution is -2.27. The molecular weight excluding hydrogens is 242 g/mol. The van der Waals surface area contributed by atoms with Gasteiger partial charge in [0.05, 0.1) is 25.3 Å². The number of rotatable bonds is 2. The molecule has 0 radical (unpaired) electrons. The van der Waals surface area contributed by atoms with Crippen molar-refractivity contribution in [1.29, 1.82) is 0 Å². The first-order valence-corrected chi connectivity index (χ1v) is 6.49. The van der Waals surface area contributed by atoms with Crippen LogP contribution in [-0.4, -0.2) is 24.1 Å². The SMILES string of the molecule is Cc1ccc2c(C)cc(=O)n(CC3OCCO3)c2c1. The normalized spacial score (nSPS) is 16.3. The Morgan fingerprint density at radius 3 is 2.68 bits per heavy atom. The molecule has 0 saturated carbocycles. The lowest BCUT2D eigenvalue weighted by molar-refractivity contribution is -0.0522. The van der Waals surface area contributed by atoms with Crippen LogP contribution in [0.15, 0.2) is 29.1 Å². The van der Waals surface area contributed by atoms with Gasteiger partial charge in [-0.25, -0.2) is 0 Å². The highest BCUT2D eigenvalue weighted by Crippen LogP contribution is 2.19. The fourth-order valence-electron chi connectivity index (χ4n) is 2.51. The molecule has 1 aliphatic heterocycles. The maximum absolute atomic E-state index is 12.2. The monoisotopic (exact) mass is 259 g/mol. The van der Waals surface area contributed by atoms with E-state index in [1.807, 2.05) is 19.9 Å². The van der Waals surface area contributed by atoms with Gasteiger partial charge in [-0.2, -0.15) is 0 Å². The zero-order chi connectivity index (χ0) is 13.4. The number of ether oxygens (including phenoxy) is 2. The second-order valence-corrected chi connectivity index (χ2v) is 4.97. The lowest BCUT2D eigenvalue weighted by Gasteiger charge is -2.15. The van der Waals surface area contributed by atoms with E-state index in [4.69, 9.17) is 9.47 Å². The number of nitrogens with zero attached hydrogens (tertiary/aromatic N) is 1. The summed E-state index contributed by atoms with van der Waals surface area (Å²) in [4.78, 5) is 12.2. The number of fused-ring (bicyclic) bond motifs is 1. The van der Waals surface area contributed by atoms with E-state index in [1.54, 1.807) is 10.6 Å². The summed E-state index contributed by atoms with van der Waals surface area (Å²) in [6, 6.07) is 7.84. The van der Waals surface area contributed by atoms with E-state index < -0.39 is 0 Å². The van der Waals surface area contributed by atoms with Crippen molar-refractivity contribution in [3.8, 4) is 0 Å². The topological polar surface area (TPSA) is 40.5 Å². The molecule has 0 aliphatic carbocycles. The number of hydrogen-bond acceptors (Lipinski definition) is 3. The highest BCUT2D eigenvalue weighted by atomic mass is 16.7. The van der Waals surface area contributed by atoms with Gasteiger partial charge in [-0.05, 0) is 31.0 Å². The Morgan fingerprint density at radius 2 is 1.95 bits per heavy atom. The zero-order valence-electron chi connectivity index (χ0n) is 11.2. The summed E-state index contributed by atoms with van der Waals surface area (Å²) in [6.07, 6.45) is -0.316. The van der Waals surface area contributed by atoms with Crippen molar-refractivity contribution in [2.24, 2.45) is 0 Å². The third-order valence-electron chi connectivity index (χ3n) is 3.50. The van der Waals surface area contributed by atoms with Gasteiger partial charge >= 0.3 is 0 Å². The fourth-order valence-corrected chi connectivity index (χ4v) is 2.51. The summed E-state index contributed by atoms with van der Waals surface area (Å²) in [6.45, 7) is 5.63. The van der Waals surface area contributed by atoms with Crippen LogP contribution in [0.2, 0.25) is 0 Å². The molecule has 100 valence electrons. The van der Waals surface area contributed by atoms with Crippen molar-refractivity contribution >= 4 is 10.9 Å². The van der Waals surface area contributed by atoms with Crippen LogP contribution < -0.4 is 5.56 Å². The number of hydrogen-bond donors (Lipinski definition) is 0. The molecule has 4 nitrogen and oxygen atoms in total. The van der Waals surface area contributed by atoms with Crippen LogP contribution >= 0.6 is 0 Å². The molecule has 1 aromatic carbocycles. The molecule has 19 heavy (non-hydrogen) atoms. The quantitative estimate of drug-likeness (QED) is 0.828. The second kappa shape index (κ2) is 4.79. The van der Waals surface area contributed by atoms with Gasteiger partial charge in [0.2, 0.25) is 0 Å². The highest BCUT2D eigenvalue weighted by Gasteiger charge is 2.18. The minimum Gasteiger partial charge on any atom is -0.348 e. The number of aryl methyl sites for hydroxylation is 2. The van der Waals surface area contributed by atoms with Gasteiger partial charge in [-0.15, -0.1) is 0 Å². The molecule has 0 N–H and O–H groups in total. The lowest BCUT2D eigenvalue weighted by atomic mass is 10.1. The Bertz CT molecular complexity index is 669. The first-order valence-electron chi connectivity index (χ1n) is 6.49. The van der Waals surface area contributed by atoms with E-state index in [0.29, 0.717) is 19.8 Å². The van der Waals surface area contributed by atoms with Crippen LogP contribution in [0.1, 0.15) is 11.1 Å². The van der Waals surface area contributed by atoms with E-state index in [9.17, 15) is 4.79 Å². The molecule has 1 aliphatic rings. The van der Waals surface area contributed by atoms with Crippen LogP contribution in [-0.2, 0) is 16.0 Å². The Balaban J connectivity index is 2.15. The van der Waals surface area contributed by atoms with Crippen LogP contribution in [0, 0.1) is 13.8 Å². The molecule has 0 amide bonds. The molecule has 1 aromatic heterocycles. The van der Waals surface area contributed by atoms with Crippen molar-refractivity contribution in [1.82, 2.24) is 4.57 Å².